The zero-order valence-corrected chi connectivity index (χ0v) is 18.9. The summed E-state index contributed by atoms with van der Waals surface area (Å²) in [5.74, 6) is -0.575. The monoisotopic (exact) mass is 511 g/mol. The predicted octanol–water partition coefficient (Wildman–Crippen LogP) is 5.22. The maximum atomic E-state index is 14.8. The first-order chi connectivity index (χ1) is 15.2. The van der Waals surface area contributed by atoms with E-state index in [4.69, 9.17) is 33.7 Å². The molecule has 0 saturated heterocycles. The molecule has 0 atom stereocenters. The Balaban J connectivity index is 1.70. The number of anilines is 2. The van der Waals surface area contributed by atoms with Crippen LogP contribution < -0.4 is 15.2 Å². The van der Waals surface area contributed by atoms with Crippen LogP contribution in [0.5, 0.6) is 11.5 Å². The normalized spacial score (nSPS) is 11.3. The number of hydrogen-bond acceptors (Lipinski definition) is 8. The average Bonchev–Trinajstić information content (AvgIpc) is 3.24. The maximum absolute atomic E-state index is 14.8. The number of nitrogen functional groups attached to an aromatic ring is 1. The van der Waals surface area contributed by atoms with E-state index in [-0.39, 0.29) is 21.7 Å². The van der Waals surface area contributed by atoms with Crippen LogP contribution in [0.4, 0.5) is 15.3 Å². The molecule has 2 aromatic heterocycles. The van der Waals surface area contributed by atoms with Crippen LogP contribution in [0.25, 0.3) is 11.1 Å². The summed E-state index contributed by atoms with van der Waals surface area (Å²) >= 11 is 13.2. The third-order valence-corrected chi connectivity index (χ3v) is 6.71. The van der Waals surface area contributed by atoms with Gasteiger partial charge in [-0.3, -0.25) is 4.72 Å². The summed E-state index contributed by atoms with van der Waals surface area (Å²) in [6.45, 7) is 0. The molecule has 0 fully saturated rings. The van der Waals surface area contributed by atoms with Crippen molar-refractivity contribution in [2.45, 2.75) is 4.90 Å². The van der Waals surface area contributed by atoms with Crippen LogP contribution in [-0.4, -0.2) is 22.8 Å². The molecular formula is C19H12Cl2FN5O3S2. The first-order valence-corrected chi connectivity index (χ1v) is 11.7. The Morgan fingerprint density at radius 1 is 1.06 bits per heavy atom. The van der Waals surface area contributed by atoms with E-state index in [2.05, 4.69) is 19.1 Å². The summed E-state index contributed by atoms with van der Waals surface area (Å²) in [7, 11) is -4.28. The number of sulfonamides is 1. The summed E-state index contributed by atoms with van der Waals surface area (Å²) in [5, 5.41) is 0.298. The largest absolute Gasteiger partial charge is 0.455 e. The van der Waals surface area contributed by atoms with Crippen molar-refractivity contribution in [3.05, 3.63) is 70.9 Å². The van der Waals surface area contributed by atoms with Crippen molar-refractivity contribution in [1.82, 2.24) is 14.3 Å². The van der Waals surface area contributed by atoms with E-state index in [1.807, 2.05) is 0 Å². The minimum absolute atomic E-state index is 0.0109. The molecule has 0 aliphatic rings. The number of aromatic nitrogens is 3. The van der Waals surface area contributed by atoms with Gasteiger partial charge >= 0.3 is 0 Å². The van der Waals surface area contributed by atoms with E-state index in [9.17, 15) is 12.8 Å². The van der Waals surface area contributed by atoms with E-state index in [0.29, 0.717) is 21.9 Å². The number of pyridine rings is 1. The summed E-state index contributed by atoms with van der Waals surface area (Å²) in [6.07, 6.45) is 2.69. The summed E-state index contributed by atoms with van der Waals surface area (Å²) < 4.78 is 51.4. The van der Waals surface area contributed by atoms with Crippen molar-refractivity contribution in [3.8, 4) is 22.6 Å². The van der Waals surface area contributed by atoms with Gasteiger partial charge in [0.1, 0.15) is 34.4 Å². The van der Waals surface area contributed by atoms with Crippen LogP contribution in [0.2, 0.25) is 10.0 Å². The van der Waals surface area contributed by atoms with Gasteiger partial charge in [0.25, 0.3) is 10.0 Å². The molecule has 32 heavy (non-hydrogen) atoms. The van der Waals surface area contributed by atoms with Crippen molar-refractivity contribution in [2.75, 3.05) is 10.5 Å². The molecule has 0 unspecified atom stereocenters. The van der Waals surface area contributed by atoms with E-state index >= 15 is 0 Å². The first-order valence-electron chi connectivity index (χ1n) is 8.71. The van der Waals surface area contributed by atoms with Gasteiger partial charge in [0.2, 0.25) is 5.13 Å². The molecule has 164 valence electrons. The molecule has 4 aromatic rings. The molecule has 0 radical (unpaired) electrons. The van der Waals surface area contributed by atoms with Crippen molar-refractivity contribution in [1.29, 1.82) is 0 Å². The highest BCUT2D eigenvalue weighted by molar-refractivity contribution is 7.93. The number of nitrogens with one attached hydrogen (secondary N) is 1. The lowest BCUT2D eigenvalue weighted by molar-refractivity contribution is 0.475. The molecular weight excluding hydrogens is 500 g/mol. The highest BCUT2D eigenvalue weighted by atomic mass is 35.5. The van der Waals surface area contributed by atoms with Gasteiger partial charge < -0.3 is 10.5 Å². The van der Waals surface area contributed by atoms with Crippen molar-refractivity contribution < 1.29 is 17.5 Å². The van der Waals surface area contributed by atoms with Gasteiger partial charge in [-0.2, -0.15) is 4.37 Å². The Hall–Kier alpha value is -2.99. The standard InChI is InChI=1S/C19H12Cl2FN5O3S2/c20-11-1-2-15(12(6-11)10-3-4-24-18(23)5-10)30-16-8-14(22)17(7-13(16)21)32(28,29)27-19-25-9-26-31-19/h1-9H,(H2,23,24)(H,25,26,27). The van der Waals surface area contributed by atoms with Crippen LogP contribution in [0, 0.1) is 5.82 Å². The fourth-order valence-corrected chi connectivity index (χ4v) is 4.92. The zero-order chi connectivity index (χ0) is 22.9. The molecule has 0 bridgehead atoms. The summed E-state index contributed by atoms with van der Waals surface area (Å²) in [4.78, 5) is 7.00. The smallest absolute Gasteiger partial charge is 0.266 e. The van der Waals surface area contributed by atoms with Crippen molar-refractivity contribution in [2.24, 2.45) is 0 Å². The van der Waals surface area contributed by atoms with Crippen LogP contribution in [0.1, 0.15) is 0 Å². The number of nitrogens with zero attached hydrogens (tertiary/aromatic N) is 3. The van der Waals surface area contributed by atoms with Crippen LogP contribution >= 0.6 is 34.7 Å². The van der Waals surface area contributed by atoms with Gasteiger partial charge in [-0.25, -0.2) is 22.8 Å². The summed E-state index contributed by atoms with van der Waals surface area (Å²) in [5.41, 5.74) is 6.97. The maximum Gasteiger partial charge on any atom is 0.266 e. The fraction of sp³-hybridized carbons (Fsp3) is 0. The minimum atomic E-state index is -4.28. The number of rotatable bonds is 6. The Labute approximate surface area is 196 Å². The van der Waals surface area contributed by atoms with E-state index in [1.165, 1.54) is 12.5 Å². The molecule has 0 aliphatic carbocycles. The van der Waals surface area contributed by atoms with Gasteiger partial charge in [-0.15, -0.1) is 0 Å². The molecule has 0 saturated carbocycles. The number of ether oxygens (including phenoxy) is 1. The SMILES string of the molecule is Nc1cc(-c2cc(Cl)ccc2Oc2cc(F)c(S(=O)(=O)Nc3ncns3)cc2Cl)ccn1. The lowest BCUT2D eigenvalue weighted by Crippen LogP contribution is -2.14. The summed E-state index contributed by atoms with van der Waals surface area (Å²) in [6, 6.07) is 9.96. The minimum Gasteiger partial charge on any atom is -0.455 e. The van der Waals surface area contributed by atoms with E-state index < -0.39 is 20.7 Å². The highest BCUT2D eigenvalue weighted by Crippen LogP contribution is 2.39. The Bertz CT molecular complexity index is 1400. The molecule has 8 nitrogen and oxygen atoms in total. The molecule has 13 heteroatoms. The quantitative estimate of drug-likeness (QED) is 0.363. The van der Waals surface area contributed by atoms with Crippen LogP contribution in [0.15, 0.2) is 59.9 Å². The molecule has 0 amide bonds. The average molecular weight is 512 g/mol. The van der Waals surface area contributed by atoms with Crippen molar-refractivity contribution in [3.63, 3.8) is 0 Å². The van der Waals surface area contributed by atoms with Gasteiger partial charge in [-0.1, -0.05) is 23.2 Å². The second kappa shape index (κ2) is 8.87. The molecule has 4 rings (SSSR count). The van der Waals surface area contributed by atoms with Crippen molar-refractivity contribution >= 4 is 55.7 Å². The topological polar surface area (TPSA) is 120 Å². The molecule has 0 aliphatic heterocycles. The number of nitrogens with two attached hydrogens (primary N) is 1. The van der Waals surface area contributed by atoms with Gasteiger partial charge in [0, 0.05) is 34.4 Å². The number of benzene rings is 2. The Kier molecular flexibility index (Phi) is 6.15. The van der Waals surface area contributed by atoms with E-state index in [1.54, 1.807) is 30.3 Å². The Morgan fingerprint density at radius 3 is 2.59 bits per heavy atom. The van der Waals surface area contributed by atoms with Crippen LogP contribution in [-0.2, 0) is 10.0 Å². The zero-order valence-electron chi connectivity index (χ0n) is 15.8. The fourth-order valence-electron chi connectivity index (χ4n) is 2.73. The second-order valence-electron chi connectivity index (χ2n) is 6.28. The molecule has 0 spiro atoms. The predicted molar refractivity (Wildman–Crippen MR) is 121 cm³/mol. The lowest BCUT2D eigenvalue weighted by Gasteiger charge is -2.14. The van der Waals surface area contributed by atoms with Gasteiger partial charge in [-0.05, 0) is 42.0 Å². The number of halogens is 3. The molecule has 2 aromatic carbocycles. The van der Waals surface area contributed by atoms with Gasteiger partial charge in [0.05, 0.1) is 5.02 Å². The Morgan fingerprint density at radius 2 is 1.88 bits per heavy atom. The third kappa shape index (κ3) is 4.75. The second-order valence-corrected chi connectivity index (χ2v) is 9.55. The lowest BCUT2D eigenvalue weighted by atomic mass is 10.1. The van der Waals surface area contributed by atoms with Gasteiger partial charge in [0.15, 0.2) is 0 Å². The van der Waals surface area contributed by atoms with Crippen LogP contribution in [0.3, 0.4) is 0 Å². The number of hydrogen-bond donors (Lipinski definition) is 2. The molecule has 3 N–H and O–H groups in total. The first kappa shape index (κ1) is 22.2. The molecule has 2 heterocycles. The third-order valence-electron chi connectivity index (χ3n) is 4.11. The highest BCUT2D eigenvalue weighted by Gasteiger charge is 2.24. The van der Waals surface area contributed by atoms with E-state index in [0.717, 1.165) is 23.7 Å².